The van der Waals surface area contributed by atoms with Gasteiger partial charge in [-0.3, -0.25) is 4.79 Å². The van der Waals surface area contributed by atoms with E-state index in [1.807, 2.05) is 24.3 Å². The third-order valence-electron chi connectivity index (χ3n) is 5.28. The molecule has 0 radical (unpaired) electrons. The zero-order valence-electron chi connectivity index (χ0n) is 16.8. The number of carbonyl (C=O) groups is 1. The van der Waals surface area contributed by atoms with Crippen LogP contribution in [0, 0.1) is 5.92 Å². The van der Waals surface area contributed by atoms with E-state index in [1.54, 1.807) is 24.3 Å². The molecule has 1 N–H and O–H groups in total. The van der Waals surface area contributed by atoms with Gasteiger partial charge in [0.1, 0.15) is 0 Å². The predicted octanol–water partition coefficient (Wildman–Crippen LogP) is 4.64. The van der Waals surface area contributed by atoms with Crippen LogP contribution >= 0.6 is 11.6 Å². The minimum absolute atomic E-state index is 0.129. The van der Waals surface area contributed by atoms with Gasteiger partial charge in [-0.2, -0.15) is 0 Å². The van der Waals surface area contributed by atoms with Crippen molar-refractivity contribution in [3.63, 3.8) is 0 Å². The van der Waals surface area contributed by atoms with E-state index >= 15 is 0 Å². The van der Waals surface area contributed by atoms with Crippen LogP contribution < -0.4 is 5.32 Å². The number of amides is 1. The van der Waals surface area contributed by atoms with Crippen LogP contribution in [0.5, 0.6) is 0 Å². The molecule has 1 fully saturated rings. The number of nitrogens with one attached hydrogen (secondary N) is 1. The Labute approximate surface area is 178 Å². The molecular weight excluding hydrogens is 408 g/mol. The highest BCUT2D eigenvalue weighted by Crippen LogP contribution is 2.27. The summed E-state index contributed by atoms with van der Waals surface area (Å²) in [4.78, 5) is 12.9. The van der Waals surface area contributed by atoms with Gasteiger partial charge in [0.05, 0.1) is 11.7 Å². The fraction of sp³-hybridized carbons (Fsp3) is 0.409. The Hall–Kier alpha value is -1.89. The number of hydrogen-bond donors (Lipinski definition) is 1. The topological polar surface area (TPSA) is 66.5 Å². The maximum Gasteiger partial charge on any atom is 0.228 e. The third-order valence-corrected chi connectivity index (χ3v) is 7.45. The van der Waals surface area contributed by atoms with Crippen molar-refractivity contribution in [1.29, 1.82) is 0 Å². The maximum absolute atomic E-state index is 12.9. The normalized spacial score (nSPS) is 18.0. The van der Waals surface area contributed by atoms with Crippen LogP contribution in [0.15, 0.2) is 48.5 Å². The quantitative estimate of drug-likeness (QED) is 0.719. The van der Waals surface area contributed by atoms with Crippen molar-refractivity contribution in [2.75, 3.05) is 18.4 Å². The number of sulfonamides is 1. The molecule has 1 saturated heterocycles. The molecule has 0 saturated carbocycles. The lowest BCUT2D eigenvalue weighted by molar-refractivity contribution is -0.120. The Kier molecular flexibility index (Phi) is 6.98. The van der Waals surface area contributed by atoms with E-state index in [1.165, 1.54) is 4.31 Å². The number of halogens is 1. The van der Waals surface area contributed by atoms with Crippen LogP contribution in [0.3, 0.4) is 0 Å². The first-order valence-electron chi connectivity index (χ1n) is 9.89. The highest BCUT2D eigenvalue weighted by molar-refractivity contribution is 7.88. The molecule has 3 rings (SSSR count). The predicted molar refractivity (Wildman–Crippen MR) is 118 cm³/mol. The average Bonchev–Trinajstić information content (AvgIpc) is 2.70. The molecule has 0 spiro atoms. The van der Waals surface area contributed by atoms with Crippen molar-refractivity contribution in [1.82, 2.24) is 4.31 Å². The average molecular weight is 435 g/mol. The SMILES string of the molecule is CC(C)c1ccccc1NC(=O)C1CCCN(S(=O)(=O)Cc2ccccc2Cl)C1. The van der Waals surface area contributed by atoms with Crippen LogP contribution in [0.2, 0.25) is 5.02 Å². The summed E-state index contributed by atoms with van der Waals surface area (Å²) in [6.45, 7) is 4.78. The summed E-state index contributed by atoms with van der Waals surface area (Å²) in [6, 6.07) is 14.7. The summed E-state index contributed by atoms with van der Waals surface area (Å²) in [7, 11) is -3.55. The number of rotatable bonds is 6. The fourth-order valence-electron chi connectivity index (χ4n) is 3.66. The highest BCUT2D eigenvalue weighted by atomic mass is 35.5. The molecule has 1 aliphatic rings. The standard InChI is InChI=1S/C22H27ClN2O3S/c1-16(2)19-10-4-6-12-21(19)24-22(26)17-9-7-13-25(14-17)29(27,28)15-18-8-3-5-11-20(18)23/h3-6,8,10-12,16-17H,7,9,13-15H2,1-2H3,(H,24,26). The summed E-state index contributed by atoms with van der Waals surface area (Å²) >= 11 is 6.13. The Bertz CT molecular complexity index is 976. The smallest absolute Gasteiger partial charge is 0.228 e. The van der Waals surface area contributed by atoms with Crippen LogP contribution in [0.1, 0.15) is 43.7 Å². The summed E-state index contributed by atoms with van der Waals surface area (Å²) in [5.74, 6) is -0.372. The van der Waals surface area contributed by atoms with Gasteiger partial charge in [0.2, 0.25) is 15.9 Å². The Balaban J connectivity index is 1.70. The number of carbonyl (C=O) groups excluding carboxylic acids is 1. The van der Waals surface area contributed by atoms with Crippen molar-refractivity contribution in [3.8, 4) is 0 Å². The van der Waals surface area contributed by atoms with Crippen molar-refractivity contribution in [2.45, 2.75) is 38.4 Å². The number of anilines is 1. The monoisotopic (exact) mass is 434 g/mol. The van der Waals surface area contributed by atoms with Gasteiger partial charge in [-0.05, 0) is 42.0 Å². The second kappa shape index (κ2) is 9.28. The van der Waals surface area contributed by atoms with Gasteiger partial charge in [0, 0.05) is 23.8 Å². The van der Waals surface area contributed by atoms with E-state index in [2.05, 4.69) is 19.2 Å². The van der Waals surface area contributed by atoms with E-state index in [4.69, 9.17) is 11.6 Å². The number of piperidine rings is 1. The van der Waals surface area contributed by atoms with Gasteiger partial charge in [0.15, 0.2) is 0 Å². The minimum Gasteiger partial charge on any atom is -0.326 e. The second-order valence-electron chi connectivity index (χ2n) is 7.78. The fourth-order valence-corrected chi connectivity index (χ4v) is 5.58. The summed E-state index contributed by atoms with van der Waals surface area (Å²) in [5, 5.41) is 3.45. The van der Waals surface area contributed by atoms with E-state index in [0.717, 1.165) is 11.3 Å². The number of para-hydroxylation sites is 1. The molecule has 2 aromatic carbocycles. The number of benzene rings is 2. The first-order valence-corrected chi connectivity index (χ1v) is 11.9. The van der Waals surface area contributed by atoms with E-state index in [0.29, 0.717) is 30.0 Å². The molecule has 2 aromatic rings. The molecule has 0 aliphatic carbocycles. The van der Waals surface area contributed by atoms with Gasteiger partial charge in [-0.1, -0.05) is 61.8 Å². The molecule has 1 aliphatic heterocycles. The molecule has 5 nitrogen and oxygen atoms in total. The molecule has 7 heteroatoms. The molecule has 1 heterocycles. The lowest BCUT2D eigenvalue weighted by atomic mass is 9.97. The lowest BCUT2D eigenvalue weighted by Gasteiger charge is -2.31. The van der Waals surface area contributed by atoms with Crippen LogP contribution in [0.25, 0.3) is 0 Å². The Morgan fingerprint density at radius 3 is 2.59 bits per heavy atom. The van der Waals surface area contributed by atoms with E-state index < -0.39 is 10.0 Å². The molecular formula is C22H27ClN2O3S. The second-order valence-corrected chi connectivity index (χ2v) is 10.2. The summed E-state index contributed by atoms with van der Waals surface area (Å²) in [5.41, 5.74) is 2.44. The van der Waals surface area contributed by atoms with Crippen molar-refractivity contribution >= 4 is 33.2 Å². The summed E-state index contributed by atoms with van der Waals surface area (Å²) < 4.78 is 27.3. The maximum atomic E-state index is 12.9. The molecule has 156 valence electrons. The number of hydrogen-bond acceptors (Lipinski definition) is 3. The van der Waals surface area contributed by atoms with Gasteiger partial charge >= 0.3 is 0 Å². The first-order chi connectivity index (χ1) is 13.8. The number of nitrogens with zero attached hydrogens (tertiary/aromatic N) is 1. The zero-order valence-corrected chi connectivity index (χ0v) is 18.3. The van der Waals surface area contributed by atoms with Gasteiger partial charge < -0.3 is 5.32 Å². The van der Waals surface area contributed by atoms with Crippen LogP contribution in [0.4, 0.5) is 5.69 Å². The molecule has 0 aromatic heterocycles. The molecule has 29 heavy (non-hydrogen) atoms. The minimum atomic E-state index is -3.55. The molecule has 1 atom stereocenters. The largest absolute Gasteiger partial charge is 0.326 e. The summed E-state index contributed by atoms with van der Waals surface area (Å²) in [6.07, 6.45) is 1.33. The lowest BCUT2D eigenvalue weighted by Crippen LogP contribution is -2.44. The Morgan fingerprint density at radius 1 is 1.17 bits per heavy atom. The van der Waals surface area contributed by atoms with Crippen molar-refractivity contribution in [3.05, 3.63) is 64.7 Å². The van der Waals surface area contributed by atoms with Gasteiger partial charge in [0.25, 0.3) is 0 Å². The first kappa shape index (κ1) is 21.8. The van der Waals surface area contributed by atoms with Crippen LogP contribution in [-0.4, -0.2) is 31.7 Å². The highest BCUT2D eigenvalue weighted by Gasteiger charge is 2.33. The van der Waals surface area contributed by atoms with Gasteiger partial charge in [-0.25, -0.2) is 12.7 Å². The van der Waals surface area contributed by atoms with E-state index in [9.17, 15) is 13.2 Å². The molecule has 1 amide bonds. The van der Waals surface area contributed by atoms with E-state index in [-0.39, 0.29) is 30.0 Å². The van der Waals surface area contributed by atoms with Crippen LogP contribution in [-0.2, 0) is 20.6 Å². The zero-order chi connectivity index (χ0) is 21.0. The molecule has 0 bridgehead atoms. The van der Waals surface area contributed by atoms with Crippen molar-refractivity contribution < 1.29 is 13.2 Å². The molecule has 1 unspecified atom stereocenters. The third kappa shape index (κ3) is 5.38. The Morgan fingerprint density at radius 2 is 1.86 bits per heavy atom. The van der Waals surface area contributed by atoms with Gasteiger partial charge in [-0.15, -0.1) is 0 Å². The van der Waals surface area contributed by atoms with Crippen molar-refractivity contribution in [2.24, 2.45) is 5.92 Å².